The summed E-state index contributed by atoms with van der Waals surface area (Å²) in [6.45, 7) is 8.78. The van der Waals surface area contributed by atoms with Gasteiger partial charge in [0.15, 0.2) is 0 Å². The maximum atomic E-state index is 2.52. The van der Waals surface area contributed by atoms with E-state index in [-0.39, 0.29) is 0 Å². The highest BCUT2D eigenvalue weighted by Crippen LogP contribution is 2.64. The zero-order valence-electron chi connectivity index (χ0n) is 36.0. The summed E-state index contributed by atoms with van der Waals surface area (Å²) < 4.78 is 0. The molecule has 0 heterocycles. The number of para-hydroxylation sites is 2. The van der Waals surface area contributed by atoms with Gasteiger partial charge in [-0.2, -0.15) is 0 Å². The minimum Gasteiger partial charge on any atom is -0.310 e. The number of hydrogen-bond acceptors (Lipinski definition) is 2. The highest BCUT2D eigenvalue weighted by atomic mass is 15.1. The van der Waals surface area contributed by atoms with E-state index in [0.717, 1.165) is 22.7 Å². The molecule has 10 aromatic rings. The summed E-state index contributed by atoms with van der Waals surface area (Å²) >= 11 is 0. The van der Waals surface area contributed by atoms with Crippen LogP contribution in [0.2, 0.25) is 0 Å². The quantitative estimate of drug-likeness (QED) is 0.165. The normalized spacial score (nSPS) is 12.9. The first-order chi connectivity index (χ1) is 30.9. The van der Waals surface area contributed by atoms with Gasteiger partial charge in [-0.1, -0.05) is 139 Å². The first kappa shape index (κ1) is 37.1. The molecular formula is C61H46N2. The summed E-state index contributed by atoms with van der Waals surface area (Å²) in [6.07, 6.45) is 0. The molecule has 0 atom stereocenters. The molecule has 63 heavy (non-hydrogen) atoms. The van der Waals surface area contributed by atoms with E-state index < -0.39 is 5.41 Å². The van der Waals surface area contributed by atoms with Crippen molar-refractivity contribution in [2.45, 2.75) is 33.1 Å². The van der Waals surface area contributed by atoms with Crippen molar-refractivity contribution in [3.63, 3.8) is 0 Å². The third-order valence-electron chi connectivity index (χ3n) is 13.7. The van der Waals surface area contributed by atoms with Gasteiger partial charge in [-0.3, -0.25) is 0 Å². The van der Waals surface area contributed by atoms with Gasteiger partial charge in [-0.25, -0.2) is 0 Å². The van der Waals surface area contributed by atoms with E-state index in [1.807, 2.05) is 0 Å². The number of nitrogens with zero attached hydrogens (tertiary/aromatic N) is 2. The second-order valence-electron chi connectivity index (χ2n) is 17.6. The summed E-state index contributed by atoms with van der Waals surface area (Å²) in [5, 5.41) is 4.97. The Balaban J connectivity index is 1.11. The molecule has 12 rings (SSSR count). The minimum atomic E-state index is -0.512. The van der Waals surface area contributed by atoms with E-state index in [0.29, 0.717) is 0 Å². The van der Waals surface area contributed by atoms with Gasteiger partial charge in [0, 0.05) is 34.1 Å². The average Bonchev–Trinajstić information content (AvgIpc) is 3.77. The predicted octanol–water partition coefficient (Wildman–Crippen LogP) is 16.5. The highest BCUT2D eigenvalue weighted by Gasteiger charge is 2.52. The van der Waals surface area contributed by atoms with Crippen LogP contribution in [0, 0.1) is 27.7 Å². The van der Waals surface area contributed by atoms with Gasteiger partial charge in [0.2, 0.25) is 0 Å². The Kier molecular flexibility index (Phi) is 8.36. The van der Waals surface area contributed by atoms with Crippen molar-refractivity contribution in [1.82, 2.24) is 0 Å². The zero-order valence-corrected chi connectivity index (χ0v) is 36.0. The standard InChI is InChI=1S/C61H46N2/c1-39-24-32-58(42(4)33-39)62(46-15-7-5-8-16-46)48-28-26-43-37-54-53-30-27-44-35-49(63(47-17-9-6-10-18-47)59-34-40(2)23-25-41(59)3)29-31-50(44)60(53)61(57(54)38-45(43)36-48)55-21-13-11-19-51(55)52-20-12-14-22-56(52)61/h5-38H,1-4H3. The van der Waals surface area contributed by atoms with Crippen molar-refractivity contribution in [3.8, 4) is 22.3 Å². The Hall–Kier alpha value is -7.68. The molecule has 0 saturated carbocycles. The number of anilines is 6. The van der Waals surface area contributed by atoms with Crippen LogP contribution in [0.15, 0.2) is 206 Å². The third kappa shape index (κ3) is 5.57. The number of hydrogen-bond donors (Lipinski definition) is 0. The molecule has 0 fully saturated rings. The van der Waals surface area contributed by atoms with E-state index in [1.54, 1.807) is 0 Å². The molecule has 10 aromatic carbocycles. The van der Waals surface area contributed by atoms with Crippen molar-refractivity contribution in [1.29, 1.82) is 0 Å². The van der Waals surface area contributed by atoms with Crippen LogP contribution < -0.4 is 9.80 Å². The summed E-state index contributed by atoms with van der Waals surface area (Å²) in [7, 11) is 0. The smallest absolute Gasteiger partial charge is 0.0731 e. The molecule has 300 valence electrons. The molecule has 2 aliphatic carbocycles. The lowest BCUT2D eigenvalue weighted by molar-refractivity contribution is 0.802. The molecule has 0 amide bonds. The van der Waals surface area contributed by atoms with Crippen LogP contribution in [0.5, 0.6) is 0 Å². The second-order valence-corrected chi connectivity index (χ2v) is 17.6. The number of rotatable bonds is 6. The lowest BCUT2D eigenvalue weighted by atomic mass is 9.69. The Morgan fingerprint density at radius 1 is 0.317 bits per heavy atom. The molecule has 2 aliphatic rings. The van der Waals surface area contributed by atoms with Gasteiger partial charge in [0.25, 0.3) is 0 Å². The fourth-order valence-electron chi connectivity index (χ4n) is 11.0. The Morgan fingerprint density at radius 2 is 0.889 bits per heavy atom. The molecule has 0 unspecified atom stereocenters. The number of aryl methyl sites for hydroxylation is 4. The van der Waals surface area contributed by atoms with Crippen LogP contribution in [0.1, 0.15) is 44.5 Å². The van der Waals surface area contributed by atoms with Gasteiger partial charge < -0.3 is 9.80 Å². The average molecular weight is 807 g/mol. The van der Waals surface area contributed by atoms with E-state index in [4.69, 9.17) is 0 Å². The Labute approximate surface area is 370 Å². The van der Waals surface area contributed by atoms with E-state index >= 15 is 0 Å². The van der Waals surface area contributed by atoms with Gasteiger partial charge in [-0.15, -0.1) is 0 Å². The maximum absolute atomic E-state index is 2.52. The third-order valence-corrected chi connectivity index (χ3v) is 13.7. The maximum Gasteiger partial charge on any atom is 0.0731 e. The minimum absolute atomic E-state index is 0.512. The molecule has 0 bridgehead atoms. The number of benzene rings is 10. The number of fused-ring (bicyclic) bond motifs is 13. The van der Waals surface area contributed by atoms with Crippen LogP contribution in [0.4, 0.5) is 34.1 Å². The lowest BCUT2D eigenvalue weighted by Crippen LogP contribution is -2.26. The molecule has 0 saturated heterocycles. The summed E-state index contributed by atoms with van der Waals surface area (Å²) in [6, 6.07) is 77.3. The highest BCUT2D eigenvalue weighted by molar-refractivity contribution is 6.07. The molecule has 1 spiro atoms. The SMILES string of the molecule is Cc1ccc(N(c2ccccc2)c2ccc3cc4c(cc3c2)C2(c3ccccc3-c3ccccc32)c2c-4ccc3cc(N(c4ccccc4)c4cc(C)ccc4C)ccc23)c(C)c1. The van der Waals surface area contributed by atoms with Crippen molar-refractivity contribution in [3.05, 3.63) is 251 Å². The molecular weight excluding hydrogens is 761 g/mol. The van der Waals surface area contributed by atoms with Gasteiger partial charge >= 0.3 is 0 Å². The van der Waals surface area contributed by atoms with E-state index in [2.05, 4.69) is 244 Å². The van der Waals surface area contributed by atoms with Gasteiger partial charge in [-0.05, 0) is 183 Å². The Morgan fingerprint density at radius 3 is 1.57 bits per heavy atom. The van der Waals surface area contributed by atoms with Gasteiger partial charge in [0.1, 0.15) is 0 Å². The van der Waals surface area contributed by atoms with Crippen LogP contribution >= 0.6 is 0 Å². The molecule has 0 radical (unpaired) electrons. The molecule has 0 N–H and O–H groups in total. The fraction of sp³-hybridized carbons (Fsp3) is 0.0820. The van der Waals surface area contributed by atoms with Crippen LogP contribution in [0.25, 0.3) is 43.8 Å². The van der Waals surface area contributed by atoms with Crippen LogP contribution in [0.3, 0.4) is 0 Å². The van der Waals surface area contributed by atoms with E-state index in [9.17, 15) is 0 Å². The fourth-order valence-corrected chi connectivity index (χ4v) is 11.0. The second kappa shape index (κ2) is 14.2. The largest absolute Gasteiger partial charge is 0.310 e. The first-order valence-electron chi connectivity index (χ1n) is 22.1. The van der Waals surface area contributed by atoms with Crippen molar-refractivity contribution in [2.75, 3.05) is 9.80 Å². The predicted molar refractivity (Wildman–Crippen MR) is 266 cm³/mol. The van der Waals surface area contributed by atoms with Gasteiger partial charge in [0.05, 0.1) is 5.41 Å². The van der Waals surface area contributed by atoms with Crippen LogP contribution in [-0.2, 0) is 5.41 Å². The zero-order chi connectivity index (χ0) is 42.4. The Bertz CT molecular complexity index is 3410. The van der Waals surface area contributed by atoms with Crippen molar-refractivity contribution in [2.24, 2.45) is 0 Å². The van der Waals surface area contributed by atoms with Crippen molar-refractivity contribution >= 4 is 55.7 Å². The summed E-state index contributed by atoms with van der Waals surface area (Å²) in [4.78, 5) is 4.83. The van der Waals surface area contributed by atoms with E-state index in [1.165, 1.54) is 99.7 Å². The van der Waals surface area contributed by atoms with Crippen molar-refractivity contribution < 1.29 is 0 Å². The summed E-state index contributed by atoms with van der Waals surface area (Å²) in [5.41, 5.74) is 22.1. The first-order valence-corrected chi connectivity index (χ1v) is 22.1. The topological polar surface area (TPSA) is 6.48 Å². The molecule has 2 heteroatoms. The molecule has 2 nitrogen and oxygen atoms in total. The molecule has 0 aromatic heterocycles. The summed E-state index contributed by atoms with van der Waals surface area (Å²) in [5.74, 6) is 0. The van der Waals surface area contributed by atoms with Crippen LogP contribution in [-0.4, -0.2) is 0 Å². The monoisotopic (exact) mass is 806 g/mol. The lowest BCUT2D eigenvalue weighted by Gasteiger charge is -2.32. The molecule has 0 aliphatic heterocycles.